The lowest BCUT2D eigenvalue weighted by molar-refractivity contribution is -0.663. The fourth-order valence-electron chi connectivity index (χ4n) is 3.09. The minimum absolute atomic E-state index is 0.197. The summed E-state index contributed by atoms with van der Waals surface area (Å²) >= 11 is 1.50. The van der Waals surface area contributed by atoms with Crippen molar-refractivity contribution < 1.29 is 19.6 Å². The largest absolute Gasteiger partial charge is 0.544 e. The van der Waals surface area contributed by atoms with Crippen LogP contribution >= 0.6 is 11.3 Å². The number of hydrogen-bond donors (Lipinski definition) is 1. The van der Waals surface area contributed by atoms with Crippen LogP contribution in [0.3, 0.4) is 0 Å². The molecule has 1 N–H and O–H groups in total. The van der Waals surface area contributed by atoms with E-state index in [1.54, 1.807) is 16.7 Å². The molecule has 0 atom stereocenters. The number of carboxylic acids is 1. The molecule has 0 fully saturated rings. The summed E-state index contributed by atoms with van der Waals surface area (Å²) in [5.74, 6) is -0.937. The highest BCUT2D eigenvalue weighted by Crippen LogP contribution is 2.27. The summed E-state index contributed by atoms with van der Waals surface area (Å²) in [6, 6.07) is 13.3. The number of anilines is 1. The van der Waals surface area contributed by atoms with Gasteiger partial charge in [0.15, 0.2) is 6.54 Å². The Morgan fingerprint density at radius 1 is 1.19 bits per heavy atom. The summed E-state index contributed by atoms with van der Waals surface area (Å²) in [6.45, 7) is 5.68. The molecule has 0 spiro atoms. The van der Waals surface area contributed by atoms with Gasteiger partial charge in [0.2, 0.25) is 5.52 Å². The maximum absolute atomic E-state index is 11.2. The normalized spacial score (nSPS) is 11.3. The third kappa shape index (κ3) is 4.11. The van der Waals surface area contributed by atoms with E-state index in [-0.39, 0.29) is 12.3 Å². The van der Waals surface area contributed by atoms with Crippen molar-refractivity contribution in [1.29, 1.82) is 0 Å². The summed E-state index contributed by atoms with van der Waals surface area (Å²) in [4.78, 5) is 13.3. The number of benzene rings is 2. The van der Waals surface area contributed by atoms with E-state index >= 15 is 0 Å². The number of aromatic nitrogens is 1. The summed E-state index contributed by atoms with van der Waals surface area (Å²) in [6.07, 6.45) is 3.64. The Bertz CT molecular complexity index is 990. The molecule has 0 aliphatic heterocycles. The van der Waals surface area contributed by atoms with Gasteiger partial charge in [-0.05, 0) is 38.1 Å². The number of carboxylic acid groups (broad SMARTS) is 1. The van der Waals surface area contributed by atoms with Crippen LogP contribution in [0, 0.1) is 0 Å². The molecule has 0 aliphatic carbocycles. The molecule has 1 heterocycles. The van der Waals surface area contributed by atoms with Gasteiger partial charge in [0.1, 0.15) is 16.4 Å². The molecule has 5 nitrogen and oxygen atoms in total. The van der Waals surface area contributed by atoms with Crippen LogP contribution in [-0.2, 0) is 11.3 Å². The molecule has 0 radical (unpaired) electrons. The first-order chi connectivity index (χ1) is 13.0. The number of rotatable bonds is 7. The fourth-order valence-corrected chi connectivity index (χ4v) is 4.15. The molecular formula is C21H22N2O3S. The van der Waals surface area contributed by atoms with Crippen molar-refractivity contribution in [1.82, 2.24) is 0 Å². The molecule has 6 heteroatoms. The first kappa shape index (κ1) is 18.9. The Labute approximate surface area is 162 Å². The van der Waals surface area contributed by atoms with Gasteiger partial charge in [0.05, 0.1) is 0 Å². The number of aliphatic carboxylic acids is 1. The number of para-hydroxylation sites is 1. The van der Waals surface area contributed by atoms with Crippen molar-refractivity contribution in [3.05, 3.63) is 53.0 Å². The van der Waals surface area contributed by atoms with Crippen LogP contribution in [0.1, 0.15) is 24.4 Å². The molecule has 0 amide bonds. The smallest absolute Gasteiger partial charge is 0.263 e. The average molecular weight is 382 g/mol. The number of carbonyl (C=O) groups is 1. The molecular weight excluding hydrogens is 360 g/mol. The molecule has 1 aromatic heterocycles. The number of carbonyl (C=O) groups excluding carboxylic acids is 1. The lowest BCUT2D eigenvalue weighted by Gasteiger charge is -2.21. The van der Waals surface area contributed by atoms with E-state index in [0.717, 1.165) is 34.0 Å². The number of fused-ring (bicyclic) bond motifs is 1. The molecule has 3 aromatic rings. The van der Waals surface area contributed by atoms with E-state index in [2.05, 4.69) is 18.7 Å². The minimum Gasteiger partial charge on any atom is -0.544 e. The van der Waals surface area contributed by atoms with Gasteiger partial charge in [-0.1, -0.05) is 23.5 Å². The molecule has 140 valence electrons. The van der Waals surface area contributed by atoms with Crippen molar-refractivity contribution in [3.8, 4) is 5.75 Å². The van der Waals surface area contributed by atoms with Crippen LogP contribution in [0.5, 0.6) is 5.75 Å². The standard InChI is InChI=1S/C21H22N2O3S/c1-3-22(4-2)16-11-9-15(18(24)13-16)10-12-20-23(14-21(25)26)17-7-5-6-8-19(17)27-20/h5-13H,3-4,14H2,1-2H3,(H,25,26). The molecule has 2 aromatic carbocycles. The van der Waals surface area contributed by atoms with Gasteiger partial charge in [-0.15, -0.1) is 0 Å². The van der Waals surface area contributed by atoms with Crippen LogP contribution in [0.15, 0.2) is 42.5 Å². The maximum atomic E-state index is 11.2. The van der Waals surface area contributed by atoms with Gasteiger partial charge in [0, 0.05) is 42.5 Å². The highest BCUT2D eigenvalue weighted by atomic mass is 32.1. The Kier molecular flexibility index (Phi) is 5.76. The average Bonchev–Trinajstić information content (AvgIpc) is 2.99. The van der Waals surface area contributed by atoms with E-state index in [4.69, 9.17) is 0 Å². The van der Waals surface area contributed by atoms with Gasteiger partial charge < -0.3 is 19.9 Å². The lowest BCUT2D eigenvalue weighted by Crippen LogP contribution is -2.44. The van der Waals surface area contributed by atoms with E-state index in [9.17, 15) is 15.0 Å². The SMILES string of the molecule is CCN(CC)c1ccc(/C=C/c2sc3ccccc3[n+]2CC(=O)[O-])c(O)c1. The van der Waals surface area contributed by atoms with E-state index in [1.807, 2.05) is 42.5 Å². The Morgan fingerprint density at radius 2 is 1.93 bits per heavy atom. The van der Waals surface area contributed by atoms with Gasteiger partial charge in [-0.25, -0.2) is 0 Å². The van der Waals surface area contributed by atoms with Gasteiger partial charge in [0.25, 0.3) is 5.01 Å². The third-order valence-corrected chi connectivity index (χ3v) is 5.60. The zero-order chi connectivity index (χ0) is 19.4. The van der Waals surface area contributed by atoms with E-state index in [1.165, 1.54) is 11.3 Å². The van der Waals surface area contributed by atoms with Crippen LogP contribution in [0.2, 0.25) is 0 Å². The predicted molar refractivity (Wildman–Crippen MR) is 108 cm³/mol. The molecule has 0 unspecified atom stereocenters. The van der Waals surface area contributed by atoms with Crippen molar-refractivity contribution in [3.63, 3.8) is 0 Å². The first-order valence-electron chi connectivity index (χ1n) is 8.90. The molecule has 0 saturated heterocycles. The molecule has 0 saturated carbocycles. The quantitative estimate of drug-likeness (QED) is 0.638. The topological polar surface area (TPSA) is 67.5 Å². The second-order valence-electron chi connectivity index (χ2n) is 6.11. The monoisotopic (exact) mass is 382 g/mol. The number of aromatic hydroxyl groups is 1. The first-order valence-corrected chi connectivity index (χ1v) is 9.72. The van der Waals surface area contributed by atoms with Crippen molar-refractivity contribution in [2.75, 3.05) is 18.0 Å². The summed E-state index contributed by atoms with van der Waals surface area (Å²) in [5, 5.41) is 22.3. The summed E-state index contributed by atoms with van der Waals surface area (Å²) < 4.78 is 2.71. The molecule has 0 aliphatic rings. The van der Waals surface area contributed by atoms with Crippen molar-refractivity contribution in [2.24, 2.45) is 0 Å². The molecule has 0 bridgehead atoms. The Balaban J connectivity index is 1.95. The van der Waals surface area contributed by atoms with Gasteiger partial charge in [-0.3, -0.25) is 0 Å². The van der Waals surface area contributed by atoms with Crippen LogP contribution in [0.4, 0.5) is 5.69 Å². The summed E-state index contributed by atoms with van der Waals surface area (Å²) in [5.41, 5.74) is 2.51. The predicted octanol–water partition coefficient (Wildman–Crippen LogP) is 2.66. The summed E-state index contributed by atoms with van der Waals surface area (Å²) in [7, 11) is 0. The number of phenolic OH excluding ortho intramolecular Hbond substituents is 1. The fraction of sp³-hybridized carbons (Fsp3) is 0.238. The third-order valence-electron chi connectivity index (χ3n) is 4.47. The Morgan fingerprint density at radius 3 is 2.59 bits per heavy atom. The van der Waals surface area contributed by atoms with Crippen molar-refractivity contribution >= 4 is 45.4 Å². The van der Waals surface area contributed by atoms with Crippen LogP contribution in [-0.4, -0.2) is 24.2 Å². The zero-order valence-electron chi connectivity index (χ0n) is 15.4. The van der Waals surface area contributed by atoms with Crippen LogP contribution in [0.25, 0.3) is 22.4 Å². The van der Waals surface area contributed by atoms with Gasteiger partial charge >= 0.3 is 0 Å². The highest BCUT2D eigenvalue weighted by Gasteiger charge is 2.18. The Hall–Kier alpha value is -2.86. The number of hydrogen-bond acceptors (Lipinski definition) is 5. The number of thiazole rings is 1. The molecule has 27 heavy (non-hydrogen) atoms. The lowest BCUT2D eigenvalue weighted by atomic mass is 10.1. The van der Waals surface area contributed by atoms with E-state index < -0.39 is 5.97 Å². The number of nitrogens with zero attached hydrogens (tertiary/aromatic N) is 2. The van der Waals surface area contributed by atoms with E-state index in [0.29, 0.717) is 5.56 Å². The van der Waals surface area contributed by atoms with Crippen molar-refractivity contribution in [2.45, 2.75) is 20.4 Å². The second kappa shape index (κ2) is 8.22. The highest BCUT2D eigenvalue weighted by molar-refractivity contribution is 7.18. The zero-order valence-corrected chi connectivity index (χ0v) is 16.2. The maximum Gasteiger partial charge on any atom is 0.263 e. The molecule has 3 rings (SSSR count). The van der Waals surface area contributed by atoms with Crippen LogP contribution < -0.4 is 14.6 Å². The number of phenols is 1. The van der Waals surface area contributed by atoms with Gasteiger partial charge in [-0.2, -0.15) is 4.57 Å². The second-order valence-corrected chi connectivity index (χ2v) is 7.18. The minimum atomic E-state index is -1.13.